The van der Waals surface area contributed by atoms with Crippen LogP contribution in [0.2, 0.25) is 0 Å². The largest absolute Gasteiger partial charge is 0.497 e. The van der Waals surface area contributed by atoms with Gasteiger partial charge in [0.1, 0.15) is 5.75 Å². The lowest BCUT2D eigenvalue weighted by atomic mass is 10.1. The van der Waals surface area contributed by atoms with Crippen LogP contribution in [0.4, 0.5) is 0 Å². The smallest absolute Gasteiger partial charge is 0.119 e. The lowest BCUT2D eigenvalue weighted by Crippen LogP contribution is -2.11. The van der Waals surface area contributed by atoms with E-state index in [0.29, 0.717) is 6.04 Å². The molecule has 20 heavy (non-hydrogen) atoms. The molecule has 0 aliphatic rings. The average molecular weight is 287 g/mol. The summed E-state index contributed by atoms with van der Waals surface area (Å²) in [7, 11) is 3.69. The van der Waals surface area contributed by atoms with E-state index >= 15 is 0 Å². The molecule has 1 unspecified atom stereocenters. The third-order valence-corrected chi connectivity index (χ3v) is 4.40. The van der Waals surface area contributed by atoms with E-state index < -0.39 is 0 Å². The number of nitrogens with one attached hydrogen (secondary N) is 1. The van der Waals surface area contributed by atoms with Gasteiger partial charge >= 0.3 is 0 Å². The molecule has 0 fully saturated rings. The minimum atomic E-state index is 0.382. The van der Waals surface area contributed by atoms with Crippen LogP contribution in [0.1, 0.15) is 24.1 Å². The highest BCUT2D eigenvalue weighted by Gasteiger charge is 2.04. The van der Waals surface area contributed by atoms with Crippen LogP contribution in [0.15, 0.2) is 53.4 Å². The normalized spacial score (nSPS) is 12.2. The Morgan fingerprint density at radius 2 is 1.95 bits per heavy atom. The molecule has 3 heteroatoms. The second-order valence-corrected chi connectivity index (χ2v) is 5.77. The van der Waals surface area contributed by atoms with E-state index in [4.69, 9.17) is 4.74 Å². The first-order chi connectivity index (χ1) is 9.72. The third kappa shape index (κ3) is 4.02. The monoisotopic (exact) mass is 287 g/mol. The van der Waals surface area contributed by atoms with E-state index in [1.54, 1.807) is 7.11 Å². The molecule has 0 bridgehead atoms. The first-order valence-electron chi connectivity index (χ1n) is 6.76. The summed E-state index contributed by atoms with van der Waals surface area (Å²) in [5, 5.41) is 3.27. The molecule has 2 nitrogen and oxygen atoms in total. The summed E-state index contributed by atoms with van der Waals surface area (Å²) in [6.07, 6.45) is 0. The van der Waals surface area contributed by atoms with Gasteiger partial charge in [-0.1, -0.05) is 24.3 Å². The molecule has 0 spiro atoms. The summed E-state index contributed by atoms with van der Waals surface area (Å²) in [6, 6.07) is 17.3. The highest BCUT2D eigenvalue weighted by atomic mass is 32.2. The maximum absolute atomic E-state index is 5.25. The Labute approximate surface area is 125 Å². The molecule has 2 aromatic rings. The van der Waals surface area contributed by atoms with Crippen molar-refractivity contribution < 1.29 is 4.74 Å². The molecule has 2 rings (SSSR count). The van der Waals surface area contributed by atoms with Crippen molar-refractivity contribution in [2.24, 2.45) is 0 Å². The Balaban J connectivity index is 2.03. The van der Waals surface area contributed by atoms with Crippen LogP contribution in [-0.2, 0) is 5.75 Å². The van der Waals surface area contributed by atoms with Crippen LogP contribution in [0.25, 0.3) is 0 Å². The molecule has 0 aliphatic carbocycles. The molecule has 0 saturated heterocycles. The molecular weight excluding hydrogens is 266 g/mol. The molecule has 0 aromatic heterocycles. The number of rotatable bonds is 6. The quantitative estimate of drug-likeness (QED) is 0.802. The van der Waals surface area contributed by atoms with Crippen molar-refractivity contribution in [2.45, 2.75) is 23.6 Å². The zero-order valence-electron chi connectivity index (χ0n) is 12.2. The molecule has 0 saturated carbocycles. The first kappa shape index (κ1) is 14.9. The maximum atomic E-state index is 5.25. The van der Waals surface area contributed by atoms with Crippen LogP contribution in [0.3, 0.4) is 0 Å². The van der Waals surface area contributed by atoms with Gasteiger partial charge in [-0.05, 0) is 49.4 Å². The van der Waals surface area contributed by atoms with Gasteiger partial charge in [0.15, 0.2) is 0 Å². The highest BCUT2D eigenvalue weighted by Crippen LogP contribution is 2.26. The molecule has 0 aliphatic heterocycles. The van der Waals surface area contributed by atoms with Crippen molar-refractivity contribution in [2.75, 3.05) is 14.2 Å². The summed E-state index contributed by atoms with van der Waals surface area (Å²) in [5.74, 6) is 1.87. The molecule has 0 amide bonds. The maximum Gasteiger partial charge on any atom is 0.119 e. The Morgan fingerprint density at radius 3 is 2.70 bits per heavy atom. The molecule has 2 aromatic carbocycles. The van der Waals surface area contributed by atoms with Crippen LogP contribution < -0.4 is 10.1 Å². The first-order valence-corrected chi connectivity index (χ1v) is 7.74. The number of benzene rings is 2. The van der Waals surface area contributed by atoms with E-state index in [2.05, 4.69) is 48.6 Å². The van der Waals surface area contributed by atoms with Crippen molar-refractivity contribution in [1.29, 1.82) is 0 Å². The molecular formula is C17H21NOS. The van der Waals surface area contributed by atoms with E-state index in [9.17, 15) is 0 Å². The fourth-order valence-corrected chi connectivity index (χ4v) is 2.88. The van der Waals surface area contributed by atoms with Gasteiger partial charge < -0.3 is 10.1 Å². The average Bonchev–Trinajstić information content (AvgIpc) is 2.52. The van der Waals surface area contributed by atoms with Crippen LogP contribution in [-0.4, -0.2) is 14.2 Å². The fraction of sp³-hybridized carbons (Fsp3) is 0.294. The van der Waals surface area contributed by atoms with E-state index in [1.807, 2.05) is 30.9 Å². The van der Waals surface area contributed by atoms with Crippen LogP contribution in [0.5, 0.6) is 5.75 Å². The van der Waals surface area contributed by atoms with Gasteiger partial charge in [0.05, 0.1) is 7.11 Å². The Bertz CT molecular complexity index is 556. The van der Waals surface area contributed by atoms with Gasteiger partial charge in [-0.2, -0.15) is 0 Å². The van der Waals surface area contributed by atoms with Gasteiger partial charge in [0, 0.05) is 16.7 Å². The van der Waals surface area contributed by atoms with Gasteiger partial charge in [0.2, 0.25) is 0 Å². The van der Waals surface area contributed by atoms with E-state index in [-0.39, 0.29) is 0 Å². The zero-order valence-corrected chi connectivity index (χ0v) is 13.0. The molecule has 0 radical (unpaired) electrons. The number of methoxy groups -OCH3 is 1. The zero-order chi connectivity index (χ0) is 14.4. The minimum Gasteiger partial charge on any atom is -0.497 e. The Morgan fingerprint density at radius 1 is 1.15 bits per heavy atom. The topological polar surface area (TPSA) is 21.3 Å². The summed E-state index contributed by atoms with van der Waals surface area (Å²) in [5.41, 5.74) is 2.60. The molecule has 1 atom stereocenters. The third-order valence-electron chi connectivity index (χ3n) is 3.33. The van der Waals surface area contributed by atoms with Gasteiger partial charge in [0.25, 0.3) is 0 Å². The number of hydrogen-bond donors (Lipinski definition) is 1. The van der Waals surface area contributed by atoms with E-state index in [1.165, 1.54) is 16.0 Å². The molecule has 0 heterocycles. The van der Waals surface area contributed by atoms with Crippen molar-refractivity contribution in [3.8, 4) is 5.75 Å². The van der Waals surface area contributed by atoms with Gasteiger partial charge in [-0.15, -0.1) is 11.8 Å². The number of ether oxygens (including phenoxy) is 1. The summed E-state index contributed by atoms with van der Waals surface area (Å²) in [4.78, 5) is 1.30. The molecule has 106 valence electrons. The number of thioether (sulfide) groups is 1. The molecule has 1 N–H and O–H groups in total. The number of hydrogen-bond acceptors (Lipinski definition) is 3. The van der Waals surface area contributed by atoms with E-state index in [0.717, 1.165) is 11.5 Å². The lowest BCUT2D eigenvalue weighted by molar-refractivity contribution is 0.414. The van der Waals surface area contributed by atoms with Crippen LogP contribution in [0, 0.1) is 0 Å². The van der Waals surface area contributed by atoms with Crippen molar-refractivity contribution in [1.82, 2.24) is 5.32 Å². The minimum absolute atomic E-state index is 0.382. The van der Waals surface area contributed by atoms with Crippen molar-refractivity contribution in [3.63, 3.8) is 0 Å². The summed E-state index contributed by atoms with van der Waals surface area (Å²) >= 11 is 1.85. The van der Waals surface area contributed by atoms with Gasteiger partial charge in [-0.3, -0.25) is 0 Å². The predicted molar refractivity (Wildman–Crippen MR) is 86.5 cm³/mol. The summed E-state index contributed by atoms with van der Waals surface area (Å²) in [6.45, 7) is 2.17. The van der Waals surface area contributed by atoms with Gasteiger partial charge in [-0.25, -0.2) is 0 Å². The lowest BCUT2D eigenvalue weighted by Gasteiger charge is -2.12. The Kier molecular flexibility index (Phi) is 5.50. The second-order valence-electron chi connectivity index (χ2n) is 4.72. The SMILES string of the molecule is CNC(C)c1cccc(SCc2cccc(OC)c2)c1. The van der Waals surface area contributed by atoms with Crippen LogP contribution >= 0.6 is 11.8 Å². The second kappa shape index (κ2) is 7.36. The summed E-state index contributed by atoms with van der Waals surface area (Å²) < 4.78 is 5.25. The fourth-order valence-electron chi connectivity index (χ4n) is 1.97. The van der Waals surface area contributed by atoms with Crippen molar-refractivity contribution >= 4 is 11.8 Å². The Hall–Kier alpha value is -1.45. The highest BCUT2D eigenvalue weighted by molar-refractivity contribution is 7.98. The predicted octanol–water partition coefficient (Wildman–Crippen LogP) is 4.27. The van der Waals surface area contributed by atoms with Crippen molar-refractivity contribution in [3.05, 3.63) is 59.7 Å². The standard InChI is InChI=1S/C17H21NOS/c1-13(18-2)15-7-5-9-17(11-15)20-12-14-6-4-8-16(10-14)19-3/h4-11,13,18H,12H2,1-3H3.